The van der Waals surface area contributed by atoms with Gasteiger partial charge in [0.2, 0.25) is 0 Å². The fourth-order valence-corrected chi connectivity index (χ4v) is 3.05. The first kappa shape index (κ1) is 12.4. The maximum atomic E-state index is 12.1. The third-order valence-electron chi connectivity index (χ3n) is 4.24. The molecule has 3 nitrogen and oxygen atoms in total. The summed E-state index contributed by atoms with van der Waals surface area (Å²) < 4.78 is 2.13. The molecule has 0 saturated heterocycles. The monoisotopic (exact) mass is 256 g/mol. The number of aryl methyl sites for hydroxylation is 1. The zero-order valence-corrected chi connectivity index (χ0v) is 11.4. The molecule has 1 unspecified atom stereocenters. The van der Waals surface area contributed by atoms with Gasteiger partial charge in [-0.25, -0.2) is 4.98 Å². The number of imidazole rings is 1. The molecule has 100 valence electrons. The van der Waals surface area contributed by atoms with E-state index in [2.05, 4.69) is 15.6 Å². The predicted octanol–water partition coefficient (Wildman–Crippen LogP) is 3.27. The Morgan fingerprint density at radius 2 is 2.11 bits per heavy atom. The van der Waals surface area contributed by atoms with E-state index in [9.17, 15) is 4.79 Å². The lowest BCUT2D eigenvalue weighted by atomic mass is 9.95. The molecule has 1 saturated carbocycles. The first-order valence-corrected chi connectivity index (χ1v) is 7.19. The van der Waals surface area contributed by atoms with E-state index < -0.39 is 0 Å². The average molecular weight is 256 g/mol. The second kappa shape index (κ2) is 5.16. The number of hydrogen-bond donors (Lipinski definition) is 0. The van der Waals surface area contributed by atoms with Crippen molar-refractivity contribution in [1.82, 2.24) is 9.55 Å². The van der Waals surface area contributed by atoms with Crippen LogP contribution in [0.1, 0.15) is 37.9 Å². The molecule has 0 bridgehead atoms. The van der Waals surface area contributed by atoms with E-state index in [0.29, 0.717) is 5.78 Å². The Morgan fingerprint density at radius 3 is 2.95 bits per heavy atom. The van der Waals surface area contributed by atoms with Crippen LogP contribution in [-0.4, -0.2) is 15.3 Å². The molecule has 0 aliphatic heterocycles. The van der Waals surface area contributed by atoms with Gasteiger partial charge in [0.25, 0.3) is 0 Å². The maximum absolute atomic E-state index is 12.1. The Kier molecular flexibility index (Phi) is 3.36. The second-order valence-electron chi connectivity index (χ2n) is 5.54. The summed E-state index contributed by atoms with van der Waals surface area (Å²) in [6.45, 7) is 0. The highest BCUT2D eigenvalue weighted by atomic mass is 16.1. The van der Waals surface area contributed by atoms with Crippen molar-refractivity contribution < 1.29 is 4.79 Å². The van der Waals surface area contributed by atoms with Gasteiger partial charge < -0.3 is 4.57 Å². The summed E-state index contributed by atoms with van der Waals surface area (Å²) in [6.07, 6.45) is 6.03. The van der Waals surface area contributed by atoms with Crippen LogP contribution in [0.2, 0.25) is 0 Å². The van der Waals surface area contributed by atoms with Crippen molar-refractivity contribution in [2.75, 3.05) is 0 Å². The lowest BCUT2D eigenvalue weighted by molar-refractivity contribution is -0.122. The highest BCUT2D eigenvalue weighted by Crippen LogP contribution is 2.24. The zero-order valence-electron chi connectivity index (χ0n) is 11.4. The molecular formula is C16H20N2O. The van der Waals surface area contributed by atoms with Crippen molar-refractivity contribution in [2.24, 2.45) is 13.0 Å². The van der Waals surface area contributed by atoms with Crippen LogP contribution < -0.4 is 0 Å². The maximum Gasteiger partial charge on any atom is 0.136 e. The molecular weight excluding hydrogens is 236 g/mol. The Balaban J connectivity index is 1.88. The molecule has 1 heterocycles. The molecule has 1 aliphatic rings. The molecule has 3 rings (SSSR count). The summed E-state index contributed by atoms with van der Waals surface area (Å²) in [5.74, 6) is 1.66. The molecule has 0 radical (unpaired) electrons. The fourth-order valence-electron chi connectivity index (χ4n) is 3.05. The van der Waals surface area contributed by atoms with E-state index in [4.69, 9.17) is 0 Å². The van der Waals surface area contributed by atoms with Gasteiger partial charge in [0, 0.05) is 25.8 Å². The van der Waals surface area contributed by atoms with Crippen molar-refractivity contribution in [3.63, 3.8) is 0 Å². The molecule has 19 heavy (non-hydrogen) atoms. The summed E-state index contributed by atoms with van der Waals surface area (Å²) in [5, 5.41) is 0. The molecule has 0 spiro atoms. The second-order valence-corrected chi connectivity index (χ2v) is 5.54. The van der Waals surface area contributed by atoms with Gasteiger partial charge in [-0.3, -0.25) is 4.79 Å². The Bertz CT molecular complexity index is 600. The van der Waals surface area contributed by atoms with E-state index in [1.54, 1.807) is 0 Å². The van der Waals surface area contributed by atoms with Crippen molar-refractivity contribution in [2.45, 2.75) is 38.5 Å². The van der Waals surface area contributed by atoms with E-state index in [0.717, 1.165) is 42.5 Å². The SMILES string of the molecule is Cn1c(CC2CCCCCC2=O)nc2ccccc21. The molecule has 3 heteroatoms. The number of ketones is 1. The normalized spacial score (nSPS) is 20.7. The van der Waals surface area contributed by atoms with Gasteiger partial charge in [-0.15, -0.1) is 0 Å². The van der Waals surface area contributed by atoms with Gasteiger partial charge in [-0.2, -0.15) is 0 Å². The van der Waals surface area contributed by atoms with Crippen LogP contribution in [0.25, 0.3) is 11.0 Å². The van der Waals surface area contributed by atoms with Crippen LogP contribution in [0.15, 0.2) is 24.3 Å². The lowest BCUT2D eigenvalue weighted by Crippen LogP contribution is -2.17. The van der Waals surface area contributed by atoms with Crippen LogP contribution in [0, 0.1) is 5.92 Å². The number of aromatic nitrogens is 2. The summed E-state index contributed by atoms with van der Waals surface area (Å²) in [4.78, 5) is 16.8. The number of para-hydroxylation sites is 2. The molecule has 1 fully saturated rings. The Morgan fingerprint density at radius 1 is 1.26 bits per heavy atom. The van der Waals surface area contributed by atoms with Gasteiger partial charge in [0.15, 0.2) is 0 Å². The molecule has 1 aliphatic carbocycles. The summed E-state index contributed by atoms with van der Waals surface area (Å²) in [5.41, 5.74) is 2.18. The van der Waals surface area contributed by atoms with Gasteiger partial charge in [-0.05, 0) is 25.0 Å². The minimum absolute atomic E-state index is 0.179. The molecule has 1 aromatic heterocycles. The first-order valence-electron chi connectivity index (χ1n) is 7.19. The highest BCUT2D eigenvalue weighted by molar-refractivity contribution is 5.81. The van der Waals surface area contributed by atoms with E-state index in [1.807, 2.05) is 25.2 Å². The quantitative estimate of drug-likeness (QED) is 0.773. The standard InChI is InChI=1S/C16H20N2O/c1-18-14-9-6-5-8-13(14)17-16(18)11-12-7-3-2-4-10-15(12)19/h5-6,8-9,12H,2-4,7,10-11H2,1H3. The molecule has 0 amide bonds. The minimum Gasteiger partial charge on any atom is -0.331 e. The zero-order chi connectivity index (χ0) is 13.2. The van der Waals surface area contributed by atoms with E-state index in [-0.39, 0.29) is 5.92 Å². The van der Waals surface area contributed by atoms with E-state index in [1.165, 1.54) is 12.8 Å². The van der Waals surface area contributed by atoms with Crippen molar-refractivity contribution in [3.05, 3.63) is 30.1 Å². The summed E-state index contributed by atoms with van der Waals surface area (Å²) in [6, 6.07) is 8.16. The number of carbonyl (C=O) groups excluding carboxylic acids is 1. The summed E-state index contributed by atoms with van der Waals surface area (Å²) >= 11 is 0. The lowest BCUT2D eigenvalue weighted by Gasteiger charge is -2.12. The average Bonchev–Trinajstić information content (AvgIpc) is 2.59. The molecule has 1 atom stereocenters. The van der Waals surface area contributed by atoms with Crippen molar-refractivity contribution in [3.8, 4) is 0 Å². The van der Waals surface area contributed by atoms with Crippen LogP contribution >= 0.6 is 0 Å². The largest absolute Gasteiger partial charge is 0.331 e. The number of carbonyl (C=O) groups is 1. The molecule has 2 aromatic rings. The van der Waals surface area contributed by atoms with Crippen LogP contribution in [-0.2, 0) is 18.3 Å². The molecule has 1 aromatic carbocycles. The number of fused-ring (bicyclic) bond motifs is 1. The van der Waals surface area contributed by atoms with Gasteiger partial charge in [0.1, 0.15) is 11.6 Å². The van der Waals surface area contributed by atoms with Gasteiger partial charge >= 0.3 is 0 Å². The highest BCUT2D eigenvalue weighted by Gasteiger charge is 2.23. The topological polar surface area (TPSA) is 34.9 Å². The number of nitrogens with zero attached hydrogens (tertiary/aromatic N) is 2. The van der Waals surface area contributed by atoms with Gasteiger partial charge in [-0.1, -0.05) is 25.0 Å². The Labute approximate surface area is 113 Å². The number of rotatable bonds is 2. The number of Topliss-reactive ketones (excluding diaryl/α,β-unsaturated/α-hetero) is 1. The van der Waals surface area contributed by atoms with Crippen molar-refractivity contribution >= 4 is 16.8 Å². The van der Waals surface area contributed by atoms with Crippen LogP contribution in [0.5, 0.6) is 0 Å². The summed E-state index contributed by atoms with van der Waals surface area (Å²) in [7, 11) is 2.05. The Hall–Kier alpha value is -1.64. The third kappa shape index (κ3) is 2.42. The van der Waals surface area contributed by atoms with Crippen LogP contribution in [0.3, 0.4) is 0 Å². The third-order valence-corrected chi connectivity index (χ3v) is 4.24. The first-order chi connectivity index (χ1) is 9.25. The smallest absolute Gasteiger partial charge is 0.136 e. The number of benzene rings is 1. The van der Waals surface area contributed by atoms with Gasteiger partial charge in [0.05, 0.1) is 11.0 Å². The van der Waals surface area contributed by atoms with Crippen LogP contribution in [0.4, 0.5) is 0 Å². The predicted molar refractivity (Wildman–Crippen MR) is 76.0 cm³/mol. The number of hydrogen-bond acceptors (Lipinski definition) is 2. The minimum atomic E-state index is 0.179. The fraction of sp³-hybridized carbons (Fsp3) is 0.500. The molecule has 0 N–H and O–H groups in total. The van der Waals surface area contributed by atoms with Crippen molar-refractivity contribution in [1.29, 1.82) is 0 Å². The van der Waals surface area contributed by atoms with E-state index >= 15 is 0 Å².